The van der Waals surface area contributed by atoms with Gasteiger partial charge in [0.1, 0.15) is 12.4 Å². The summed E-state index contributed by atoms with van der Waals surface area (Å²) in [5.41, 5.74) is -0.151. The lowest BCUT2D eigenvalue weighted by molar-refractivity contribution is -0.144. The van der Waals surface area contributed by atoms with Crippen LogP contribution < -0.4 is 10.6 Å². The Kier molecular flexibility index (Phi) is 5.11. The maximum absolute atomic E-state index is 13.4. The van der Waals surface area contributed by atoms with Crippen molar-refractivity contribution >= 4 is 35.5 Å². The fraction of sp³-hybridized carbons (Fsp3) is 0.267. The van der Waals surface area contributed by atoms with Crippen LogP contribution in [-0.4, -0.2) is 52.2 Å². The van der Waals surface area contributed by atoms with Crippen molar-refractivity contribution in [2.45, 2.75) is 19.9 Å². The molecule has 7 amide bonds. The minimum absolute atomic E-state index is 0.151. The van der Waals surface area contributed by atoms with Crippen LogP contribution in [-0.2, 0) is 14.4 Å². The van der Waals surface area contributed by atoms with Crippen LogP contribution in [0.1, 0.15) is 13.8 Å². The Morgan fingerprint density at radius 1 is 1.12 bits per heavy atom. The lowest BCUT2D eigenvalue weighted by Gasteiger charge is -2.18. The van der Waals surface area contributed by atoms with Crippen molar-refractivity contribution in [1.82, 2.24) is 15.1 Å². The summed E-state index contributed by atoms with van der Waals surface area (Å²) < 4.78 is 13.4. The maximum Gasteiger partial charge on any atom is 0.334 e. The Morgan fingerprint density at radius 3 is 2.32 bits per heavy atom. The minimum Gasteiger partial charge on any atom is -0.305 e. The number of hydrogen-bond donors (Lipinski definition) is 2. The van der Waals surface area contributed by atoms with Gasteiger partial charge < -0.3 is 5.32 Å². The second-order valence-corrected chi connectivity index (χ2v) is 5.42. The molecule has 0 bridgehead atoms. The summed E-state index contributed by atoms with van der Waals surface area (Å²) in [6.07, 6.45) is 0. The summed E-state index contributed by atoms with van der Waals surface area (Å²) in [5.74, 6) is -3.89. The van der Waals surface area contributed by atoms with E-state index in [1.54, 1.807) is 0 Å². The molecule has 1 fully saturated rings. The average Bonchev–Trinajstić information content (AvgIpc) is 2.73. The van der Waals surface area contributed by atoms with Crippen LogP contribution in [0.4, 0.5) is 19.7 Å². The van der Waals surface area contributed by atoms with Crippen LogP contribution in [0, 0.1) is 5.82 Å². The molecule has 9 nitrogen and oxygen atoms in total. The zero-order valence-electron chi connectivity index (χ0n) is 13.4. The van der Waals surface area contributed by atoms with Gasteiger partial charge in [-0.25, -0.2) is 18.9 Å². The molecule has 0 aromatic heterocycles. The number of para-hydroxylation sites is 1. The first-order valence-electron chi connectivity index (χ1n) is 7.26. The van der Waals surface area contributed by atoms with Crippen molar-refractivity contribution in [3.05, 3.63) is 30.1 Å². The highest BCUT2D eigenvalue weighted by molar-refractivity contribution is 6.45. The monoisotopic (exact) mass is 350 g/mol. The van der Waals surface area contributed by atoms with Crippen LogP contribution in [0.2, 0.25) is 0 Å². The smallest absolute Gasteiger partial charge is 0.305 e. The number of urea groups is 2. The zero-order valence-corrected chi connectivity index (χ0v) is 13.4. The van der Waals surface area contributed by atoms with Crippen LogP contribution in [0.3, 0.4) is 0 Å². The number of benzene rings is 1. The van der Waals surface area contributed by atoms with E-state index in [0.29, 0.717) is 4.90 Å². The summed E-state index contributed by atoms with van der Waals surface area (Å²) in [5, 5.41) is 3.96. The van der Waals surface area contributed by atoms with E-state index in [-0.39, 0.29) is 5.69 Å². The molecule has 0 atom stereocenters. The van der Waals surface area contributed by atoms with Crippen LogP contribution in [0.5, 0.6) is 0 Å². The van der Waals surface area contributed by atoms with Gasteiger partial charge in [-0.1, -0.05) is 12.1 Å². The van der Waals surface area contributed by atoms with E-state index in [1.165, 1.54) is 32.0 Å². The maximum atomic E-state index is 13.4. The summed E-state index contributed by atoms with van der Waals surface area (Å²) in [7, 11) is 0. The van der Waals surface area contributed by atoms with E-state index in [9.17, 15) is 28.4 Å². The van der Waals surface area contributed by atoms with Gasteiger partial charge in [-0.15, -0.1) is 0 Å². The summed E-state index contributed by atoms with van der Waals surface area (Å²) >= 11 is 0. The molecular weight excluding hydrogens is 335 g/mol. The number of rotatable bonds is 4. The first kappa shape index (κ1) is 18.0. The number of halogens is 1. The van der Waals surface area contributed by atoms with Crippen molar-refractivity contribution in [2.75, 3.05) is 11.9 Å². The normalized spacial score (nSPS) is 14.3. The number of hydrogen-bond acceptors (Lipinski definition) is 5. The van der Waals surface area contributed by atoms with E-state index in [2.05, 4.69) is 5.32 Å². The standard InChI is InChI=1S/C15H15FN4O5/c1-8(2)20-13(23)12(22)19(15(20)25)7-11(21)18-14(24)17-10-6-4-3-5-9(10)16/h3-6,8H,7H2,1-2H3,(H2,17,18,21,24). The Labute approximate surface area is 141 Å². The largest absolute Gasteiger partial charge is 0.334 e. The minimum atomic E-state index is -1.15. The van der Waals surface area contributed by atoms with Crippen molar-refractivity contribution in [1.29, 1.82) is 0 Å². The third-order valence-electron chi connectivity index (χ3n) is 3.28. The number of carbonyl (C=O) groups excluding carboxylic acids is 5. The fourth-order valence-corrected chi connectivity index (χ4v) is 2.14. The zero-order chi connectivity index (χ0) is 18.7. The topological polar surface area (TPSA) is 116 Å². The Morgan fingerprint density at radius 2 is 1.76 bits per heavy atom. The van der Waals surface area contributed by atoms with E-state index in [0.717, 1.165) is 11.0 Å². The van der Waals surface area contributed by atoms with Crippen LogP contribution >= 0.6 is 0 Å². The van der Waals surface area contributed by atoms with Crippen molar-refractivity contribution in [2.24, 2.45) is 0 Å². The molecule has 10 heteroatoms. The summed E-state index contributed by atoms with van der Waals surface area (Å²) in [6.45, 7) is 2.26. The number of anilines is 1. The van der Waals surface area contributed by atoms with Gasteiger partial charge in [-0.2, -0.15) is 0 Å². The molecule has 25 heavy (non-hydrogen) atoms. The van der Waals surface area contributed by atoms with Gasteiger partial charge in [0, 0.05) is 6.04 Å². The van der Waals surface area contributed by atoms with Gasteiger partial charge in [0.25, 0.3) is 0 Å². The van der Waals surface area contributed by atoms with Gasteiger partial charge in [0.15, 0.2) is 0 Å². The Hall–Kier alpha value is -3.30. The molecule has 0 radical (unpaired) electrons. The number of amides is 7. The fourth-order valence-electron chi connectivity index (χ4n) is 2.14. The molecule has 1 aliphatic heterocycles. The van der Waals surface area contributed by atoms with Crippen LogP contribution in [0.15, 0.2) is 24.3 Å². The highest BCUT2D eigenvalue weighted by Crippen LogP contribution is 2.15. The second-order valence-electron chi connectivity index (χ2n) is 5.42. The van der Waals surface area contributed by atoms with E-state index < -0.39 is 48.2 Å². The molecule has 1 aromatic rings. The van der Waals surface area contributed by atoms with Crippen molar-refractivity contribution < 1.29 is 28.4 Å². The lowest BCUT2D eigenvalue weighted by Crippen LogP contribution is -2.45. The molecule has 0 unspecified atom stereocenters. The van der Waals surface area contributed by atoms with Gasteiger partial charge >= 0.3 is 23.9 Å². The van der Waals surface area contributed by atoms with E-state index in [1.807, 2.05) is 5.32 Å². The number of nitrogens with one attached hydrogen (secondary N) is 2. The molecule has 132 valence electrons. The molecule has 1 aliphatic rings. The van der Waals surface area contributed by atoms with E-state index in [4.69, 9.17) is 0 Å². The molecule has 0 spiro atoms. The number of carbonyl (C=O) groups is 5. The average molecular weight is 350 g/mol. The molecule has 0 saturated carbocycles. The van der Waals surface area contributed by atoms with Crippen molar-refractivity contribution in [3.8, 4) is 0 Å². The van der Waals surface area contributed by atoms with Gasteiger partial charge in [0.2, 0.25) is 5.91 Å². The van der Waals surface area contributed by atoms with Crippen molar-refractivity contribution in [3.63, 3.8) is 0 Å². The molecule has 2 rings (SSSR count). The first-order chi connectivity index (χ1) is 11.7. The Bertz CT molecular complexity index is 764. The number of imide groups is 3. The number of nitrogens with zero attached hydrogens (tertiary/aromatic N) is 2. The highest BCUT2D eigenvalue weighted by Gasteiger charge is 2.46. The quantitative estimate of drug-likeness (QED) is 0.612. The third-order valence-corrected chi connectivity index (χ3v) is 3.28. The molecular formula is C15H15FN4O5. The van der Waals surface area contributed by atoms with Gasteiger partial charge in [0.05, 0.1) is 5.69 Å². The predicted octanol–water partition coefficient (Wildman–Crippen LogP) is 0.673. The first-order valence-corrected chi connectivity index (χ1v) is 7.26. The summed E-state index contributed by atoms with van der Waals surface area (Å²) in [6, 6.07) is 2.77. The third kappa shape index (κ3) is 3.79. The van der Waals surface area contributed by atoms with Gasteiger partial charge in [-0.05, 0) is 26.0 Å². The molecule has 2 N–H and O–H groups in total. The molecule has 1 saturated heterocycles. The predicted molar refractivity (Wildman–Crippen MR) is 82.7 cm³/mol. The van der Waals surface area contributed by atoms with E-state index >= 15 is 0 Å². The Balaban J connectivity index is 1.97. The second kappa shape index (κ2) is 7.07. The molecule has 1 heterocycles. The van der Waals surface area contributed by atoms with Crippen LogP contribution in [0.25, 0.3) is 0 Å². The molecule has 0 aliphatic carbocycles. The highest BCUT2D eigenvalue weighted by atomic mass is 19.1. The lowest BCUT2D eigenvalue weighted by atomic mass is 10.3. The summed E-state index contributed by atoms with van der Waals surface area (Å²) in [4.78, 5) is 60.1. The molecule has 1 aromatic carbocycles. The SMILES string of the molecule is CC(C)N1C(=O)C(=O)N(CC(=O)NC(=O)Nc2ccccc2F)C1=O. The van der Waals surface area contributed by atoms with Gasteiger partial charge in [-0.3, -0.25) is 24.6 Å².